The van der Waals surface area contributed by atoms with Gasteiger partial charge in [0, 0.05) is 31.5 Å². The van der Waals surface area contributed by atoms with Crippen molar-refractivity contribution in [2.45, 2.75) is 31.4 Å². The van der Waals surface area contributed by atoms with Crippen LogP contribution in [0.2, 0.25) is 0 Å². The lowest BCUT2D eigenvalue weighted by Crippen LogP contribution is -2.57. The molecule has 0 aromatic heterocycles. The highest BCUT2D eigenvalue weighted by Crippen LogP contribution is 2.49. The van der Waals surface area contributed by atoms with Gasteiger partial charge in [0.1, 0.15) is 5.82 Å². The van der Waals surface area contributed by atoms with Gasteiger partial charge in [0.05, 0.1) is 17.2 Å². The van der Waals surface area contributed by atoms with Crippen molar-refractivity contribution in [3.63, 3.8) is 0 Å². The number of fused-ring (bicyclic) bond motifs is 2. The number of nitriles is 1. The van der Waals surface area contributed by atoms with Gasteiger partial charge in [-0.1, -0.05) is 36.8 Å². The van der Waals surface area contributed by atoms with Crippen molar-refractivity contribution < 1.29 is 9.50 Å². The molecule has 134 valence electrons. The lowest BCUT2D eigenvalue weighted by atomic mass is 9.62. The van der Waals surface area contributed by atoms with Crippen molar-refractivity contribution in [1.82, 2.24) is 4.90 Å². The number of hydrogen-bond acceptors (Lipinski definition) is 3. The molecule has 3 nitrogen and oxygen atoms in total. The molecule has 2 atom stereocenters. The summed E-state index contributed by atoms with van der Waals surface area (Å²) in [5.41, 5.74) is 1.08. The van der Waals surface area contributed by atoms with E-state index >= 15 is 0 Å². The largest absolute Gasteiger partial charge is 0.384 e. The maximum atomic E-state index is 14.0. The third-order valence-corrected chi connectivity index (χ3v) is 6.05. The number of halogens is 1. The zero-order valence-electron chi connectivity index (χ0n) is 14.7. The zero-order chi connectivity index (χ0) is 18.1. The van der Waals surface area contributed by atoms with E-state index in [1.54, 1.807) is 6.07 Å². The first-order valence-electron chi connectivity index (χ1n) is 9.29. The molecule has 1 aliphatic heterocycles. The molecule has 0 amide bonds. The van der Waals surface area contributed by atoms with Crippen LogP contribution in [0.3, 0.4) is 0 Å². The maximum Gasteiger partial charge on any atom is 0.124 e. The number of aliphatic hydroxyl groups is 1. The highest BCUT2D eigenvalue weighted by Gasteiger charge is 2.51. The molecule has 2 bridgehead atoms. The summed E-state index contributed by atoms with van der Waals surface area (Å²) in [4.78, 5) is 2.41. The fourth-order valence-electron chi connectivity index (χ4n) is 4.87. The lowest BCUT2D eigenvalue weighted by Gasteiger charge is -2.53. The van der Waals surface area contributed by atoms with Gasteiger partial charge in [-0.05, 0) is 42.2 Å². The van der Waals surface area contributed by atoms with Gasteiger partial charge in [-0.3, -0.25) is 4.90 Å². The molecule has 1 saturated carbocycles. The van der Waals surface area contributed by atoms with Crippen LogP contribution in [0.25, 0.3) is 0 Å². The lowest BCUT2D eigenvalue weighted by molar-refractivity contribution is -0.148. The van der Waals surface area contributed by atoms with Crippen molar-refractivity contribution in [3.8, 4) is 6.07 Å². The summed E-state index contributed by atoms with van der Waals surface area (Å²) in [5, 5.41) is 20.8. The Balaban J connectivity index is 1.63. The van der Waals surface area contributed by atoms with E-state index in [0.717, 1.165) is 38.9 Å². The summed E-state index contributed by atoms with van der Waals surface area (Å²) in [6.07, 6.45) is 2.95. The second-order valence-electron chi connectivity index (χ2n) is 7.67. The number of nitrogens with zero attached hydrogens (tertiary/aromatic N) is 2. The smallest absolute Gasteiger partial charge is 0.124 e. The summed E-state index contributed by atoms with van der Waals surface area (Å²) >= 11 is 0. The van der Waals surface area contributed by atoms with Gasteiger partial charge in [0.15, 0.2) is 0 Å². The van der Waals surface area contributed by atoms with E-state index in [0.29, 0.717) is 5.56 Å². The van der Waals surface area contributed by atoms with E-state index < -0.39 is 11.4 Å². The van der Waals surface area contributed by atoms with Crippen LogP contribution in [0.15, 0.2) is 48.5 Å². The highest BCUT2D eigenvalue weighted by atomic mass is 19.1. The molecule has 1 saturated heterocycles. The predicted octanol–water partition coefficient (Wildman–Crippen LogP) is 3.82. The van der Waals surface area contributed by atoms with Crippen molar-refractivity contribution >= 4 is 0 Å². The Morgan fingerprint density at radius 1 is 1.12 bits per heavy atom. The monoisotopic (exact) mass is 350 g/mol. The fraction of sp³-hybridized carbons (Fsp3) is 0.409. The number of benzene rings is 2. The summed E-state index contributed by atoms with van der Waals surface area (Å²) < 4.78 is 14.0. The van der Waals surface area contributed by atoms with Crippen LogP contribution in [0, 0.1) is 29.0 Å². The third kappa shape index (κ3) is 3.02. The average Bonchev–Trinajstić information content (AvgIpc) is 2.63. The molecule has 0 radical (unpaired) electrons. The first-order valence-corrected chi connectivity index (χ1v) is 9.29. The average molecular weight is 350 g/mol. The molecule has 2 aromatic rings. The van der Waals surface area contributed by atoms with Crippen LogP contribution >= 0.6 is 0 Å². The quantitative estimate of drug-likeness (QED) is 0.915. The van der Waals surface area contributed by atoms with E-state index in [-0.39, 0.29) is 17.4 Å². The van der Waals surface area contributed by atoms with E-state index in [1.165, 1.54) is 17.7 Å². The molecule has 4 heteroatoms. The predicted molar refractivity (Wildman–Crippen MR) is 97.6 cm³/mol. The number of hydrogen-bond donors (Lipinski definition) is 1. The topological polar surface area (TPSA) is 47.3 Å². The van der Waals surface area contributed by atoms with Crippen molar-refractivity contribution in [1.29, 1.82) is 5.26 Å². The van der Waals surface area contributed by atoms with E-state index in [1.807, 2.05) is 24.3 Å². The molecule has 1 aliphatic carbocycles. The molecule has 26 heavy (non-hydrogen) atoms. The summed E-state index contributed by atoms with van der Waals surface area (Å²) in [6.45, 7) is 2.46. The fourth-order valence-corrected chi connectivity index (χ4v) is 4.87. The molecule has 0 spiro atoms. The first kappa shape index (κ1) is 17.2. The van der Waals surface area contributed by atoms with Crippen LogP contribution < -0.4 is 0 Å². The van der Waals surface area contributed by atoms with Crippen LogP contribution in [0.5, 0.6) is 0 Å². The Labute approximate surface area is 153 Å². The van der Waals surface area contributed by atoms with Crippen LogP contribution in [-0.2, 0) is 12.1 Å². The minimum absolute atomic E-state index is 0.0621. The molecule has 2 fully saturated rings. The summed E-state index contributed by atoms with van der Waals surface area (Å²) in [5.74, 6) is -0.323. The van der Waals surface area contributed by atoms with E-state index in [2.05, 4.69) is 17.0 Å². The maximum absolute atomic E-state index is 14.0. The minimum atomic E-state index is -1.04. The Bertz CT molecular complexity index is 816. The number of rotatable bonds is 3. The zero-order valence-corrected chi connectivity index (χ0v) is 14.7. The summed E-state index contributed by atoms with van der Waals surface area (Å²) in [6, 6.07) is 16.7. The molecule has 2 unspecified atom stereocenters. The van der Waals surface area contributed by atoms with Crippen LogP contribution in [-0.4, -0.2) is 23.1 Å². The molecule has 1 heterocycles. The Hall–Kier alpha value is -2.22. The SMILES string of the molecule is N#Cc1cc(F)cc(C2(O)C3CCCC2CN(Cc2ccccc2)C3)c1. The standard InChI is InChI=1S/C22H23FN2O/c23-21-10-17(12-24)9-20(11-21)22(26)18-7-4-8-19(22)15-25(14-18)13-16-5-2-1-3-6-16/h1-3,5-6,9-11,18-19,26H,4,7-8,13-15H2. The van der Waals surface area contributed by atoms with Gasteiger partial charge in [0.2, 0.25) is 0 Å². The van der Waals surface area contributed by atoms with Crippen molar-refractivity contribution in [2.24, 2.45) is 11.8 Å². The number of piperidine rings is 1. The Kier molecular flexibility index (Phi) is 4.52. The van der Waals surface area contributed by atoms with Crippen molar-refractivity contribution in [2.75, 3.05) is 13.1 Å². The van der Waals surface area contributed by atoms with Gasteiger partial charge in [0.25, 0.3) is 0 Å². The molecule has 2 aromatic carbocycles. The van der Waals surface area contributed by atoms with Gasteiger partial charge < -0.3 is 5.11 Å². The van der Waals surface area contributed by atoms with Gasteiger partial charge in [-0.15, -0.1) is 0 Å². The van der Waals surface area contributed by atoms with E-state index in [4.69, 9.17) is 0 Å². The van der Waals surface area contributed by atoms with Crippen LogP contribution in [0.4, 0.5) is 4.39 Å². The number of likely N-dealkylation sites (tertiary alicyclic amines) is 1. The third-order valence-electron chi connectivity index (χ3n) is 6.05. The van der Waals surface area contributed by atoms with Crippen LogP contribution in [0.1, 0.15) is 36.0 Å². The Morgan fingerprint density at radius 2 is 1.81 bits per heavy atom. The normalized spacial score (nSPS) is 28.5. The second-order valence-corrected chi connectivity index (χ2v) is 7.67. The van der Waals surface area contributed by atoms with Gasteiger partial charge in [-0.2, -0.15) is 5.26 Å². The second kappa shape index (κ2) is 6.83. The highest BCUT2D eigenvalue weighted by molar-refractivity contribution is 5.38. The molecule has 2 aliphatic rings. The van der Waals surface area contributed by atoms with E-state index in [9.17, 15) is 14.8 Å². The first-order chi connectivity index (χ1) is 12.6. The minimum Gasteiger partial charge on any atom is -0.384 e. The molecular formula is C22H23FN2O. The summed E-state index contributed by atoms with van der Waals surface area (Å²) in [7, 11) is 0. The Morgan fingerprint density at radius 3 is 2.46 bits per heavy atom. The molecule has 1 N–H and O–H groups in total. The van der Waals surface area contributed by atoms with Crippen molar-refractivity contribution in [3.05, 3.63) is 71.0 Å². The van der Waals surface area contributed by atoms with Gasteiger partial charge >= 0.3 is 0 Å². The molecule has 4 rings (SSSR count). The molecular weight excluding hydrogens is 327 g/mol. The van der Waals surface area contributed by atoms with Gasteiger partial charge in [-0.25, -0.2) is 4.39 Å².